The van der Waals surface area contributed by atoms with Crippen LogP contribution in [0.1, 0.15) is 16.1 Å². The summed E-state index contributed by atoms with van der Waals surface area (Å²) < 4.78 is 1.21. The average Bonchev–Trinajstić information content (AvgIpc) is 2.93. The van der Waals surface area contributed by atoms with E-state index in [1.165, 1.54) is 15.8 Å². The van der Waals surface area contributed by atoms with Gasteiger partial charge in [0, 0.05) is 12.7 Å². The molecule has 0 saturated heterocycles. The molecule has 0 amide bonds. The van der Waals surface area contributed by atoms with Crippen molar-refractivity contribution in [2.24, 2.45) is 0 Å². The lowest BCUT2D eigenvalue weighted by Gasteiger charge is -2.21. The molecule has 3 nitrogen and oxygen atoms in total. The Morgan fingerprint density at radius 1 is 1.22 bits per heavy atom. The summed E-state index contributed by atoms with van der Waals surface area (Å²) in [6, 6.07) is 14.5. The van der Waals surface area contributed by atoms with Gasteiger partial charge in [-0.25, -0.2) is 4.98 Å². The molecular formula is C18H19N3S2. The molecule has 0 unspecified atom stereocenters. The summed E-state index contributed by atoms with van der Waals surface area (Å²) in [6.07, 6.45) is 0. The summed E-state index contributed by atoms with van der Waals surface area (Å²) in [7, 11) is 1.99. The van der Waals surface area contributed by atoms with Gasteiger partial charge < -0.3 is 10.2 Å². The molecule has 0 fully saturated rings. The Morgan fingerprint density at radius 3 is 2.78 bits per heavy atom. The molecule has 3 aromatic rings. The minimum Gasteiger partial charge on any atom is -0.345 e. The number of benzene rings is 2. The van der Waals surface area contributed by atoms with Gasteiger partial charge in [-0.05, 0) is 55.4 Å². The molecule has 0 aliphatic carbocycles. The number of para-hydroxylation sites is 1. The molecule has 1 N–H and O–H groups in total. The molecule has 0 bridgehead atoms. The zero-order valence-electron chi connectivity index (χ0n) is 13.5. The topological polar surface area (TPSA) is 28.2 Å². The highest BCUT2D eigenvalue weighted by molar-refractivity contribution is 7.80. The molecule has 0 spiro atoms. The summed E-state index contributed by atoms with van der Waals surface area (Å²) in [6.45, 7) is 4.87. The number of thiocarbonyl (C=S) groups is 1. The maximum Gasteiger partial charge on any atom is 0.173 e. The predicted molar refractivity (Wildman–Crippen MR) is 103 cm³/mol. The van der Waals surface area contributed by atoms with Crippen LogP contribution in [-0.2, 0) is 6.54 Å². The highest BCUT2D eigenvalue weighted by Gasteiger charge is 2.10. The molecule has 1 aromatic heterocycles. The number of nitrogens with one attached hydrogen (secondary N) is 1. The fourth-order valence-electron chi connectivity index (χ4n) is 2.34. The normalized spacial score (nSPS) is 10.7. The SMILES string of the molecule is Cc1ccc(C)c(NC(=S)N(C)Cc2nc3ccccc3s2)c1. The second kappa shape index (κ2) is 6.64. The van der Waals surface area contributed by atoms with Gasteiger partial charge in [-0.2, -0.15) is 0 Å². The smallest absolute Gasteiger partial charge is 0.173 e. The van der Waals surface area contributed by atoms with E-state index in [-0.39, 0.29) is 0 Å². The third-order valence-electron chi connectivity index (χ3n) is 3.69. The highest BCUT2D eigenvalue weighted by Crippen LogP contribution is 2.23. The molecule has 0 radical (unpaired) electrons. The minimum absolute atomic E-state index is 0.704. The number of nitrogens with zero attached hydrogens (tertiary/aromatic N) is 2. The zero-order chi connectivity index (χ0) is 16.4. The lowest BCUT2D eigenvalue weighted by molar-refractivity contribution is 0.507. The van der Waals surface area contributed by atoms with E-state index in [2.05, 4.69) is 48.4 Å². The predicted octanol–water partition coefficient (Wildman–Crippen LogP) is 4.74. The quantitative estimate of drug-likeness (QED) is 0.696. The van der Waals surface area contributed by atoms with E-state index >= 15 is 0 Å². The van der Waals surface area contributed by atoms with Crippen LogP contribution in [0.4, 0.5) is 5.69 Å². The molecule has 1 heterocycles. The van der Waals surface area contributed by atoms with Gasteiger partial charge in [-0.15, -0.1) is 11.3 Å². The van der Waals surface area contributed by atoms with Crippen molar-refractivity contribution in [3.8, 4) is 0 Å². The maximum absolute atomic E-state index is 5.53. The Bertz CT molecular complexity index is 821. The van der Waals surface area contributed by atoms with E-state index < -0.39 is 0 Å². The van der Waals surface area contributed by atoms with Gasteiger partial charge >= 0.3 is 0 Å². The molecule has 118 valence electrons. The molecule has 0 atom stereocenters. The number of hydrogen-bond acceptors (Lipinski definition) is 3. The van der Waals surface area contributed by atoms with Gasteiger partial charge in [0.1, 0.15) is 5.01 Å². The molecule has 2 aromatic carbocycles. The van der Waals surface area contributed by atoms with E-state index in [4.69, 9.17) is 12.2 Å². The molecule has 0 aliphatic heterocycles. The van der Waals surface area contributed by atoms with Crippen molar-refractivity contribution in [2.75, 3.05) is 12.4 Å². The first kappa shape index (κ1) is 15.9. The third kappa shape index (κ3) is 3.68. The van der Waals surface area contributed by atoms with E-state index in [9.17, 15) is 0 Å². The summed E-state index contributed by atoms with van der Waals surface area (Å²) in [5.74, 6) is 0. The van der Waals surface area contributed by atoms with Gasteiger partial charge in [-0.3, -0.25) is 0 Å². The number of aromatic nitrogens is 1. The van der Waals surface area contributed by atoms with Crippen LogP contribution in [0.3, 0.4) is 0 Å². The first-order chi connectivity index (χ1) is 11.0. The fourth-order valence-corrected chi connectivity index (χ4v) is 3.54. The summed E-state index contributed by atoms with van der Waals surface area (Å²) in [5.41, 5.74) is 4.52. The van der Waals surface area contributed by atoms with Crippen LogP contribution < -0.4 is 5.32 Å². The van der Waals surface area contributed by atoms with Crippen LogP contribution in [0.15, 0.2) is 42.5 Å². The van der Waals surface area contributed by atoms with Crippen LogP contribution in [0, 0.1) is 13.8 Å². The number of fused-ring (bicyclic) bond motifs is 1. The van der Waals surface area contributed by atoms with E-state index in [0.29, 0.717) is 11.7 Å². The minimum atomic E-state index is 0.704. The number of hydrogen-bond donors (Lipinski definition) is 1. The van der Waals surface area contributed by atoms with Gasteiger partial charge in [0.25, 0.3) is 0 Å². The van der Waals surface area contributed by atoms with Crippen molar-refractivity contribution in [3.63, 3.8) is 0 Å². The molecule has 0 saturated carbocycles. The zero-order valence-corrected chi connectivity index (χ0v) is 15.1. The molecular weight excluding hydrogens is 322 g/mol. The fraction of sp³-hybridized carbons (Fsp3) is 0.222. The van der Waals surface area contributed by atoms with E-state index in [0.717, 1.165) is 16.2 Å². The van der Waals surface area contributed by atoms with Gasteiger partial charge in [0.05, 0.1) is 16.8 Å². The van der Waals surface area contributed by atoms with Crippen molar-refractivity contribution >= 4 is 44.6 Å². The Morgan fingerprint density at radius 2 is 2.00 bits per heavy atom. The Kier molecular flexibility index (Phi) is 4.59. The van der Waals surface area contributed by atoms with Gasteiger partial charge in [0.15, 0.2) is 5.11 Å². The van der Waals surface area contributed by atoms with Crippen LogP contribution in [0.5, 0.6) is 0 Å². The third-order valence-corrected chi connectivity index (χ3v) is 5.13. The van der Waals surface area contributed by atoms with Crippen molar-refractivity contribution in [2.45, 2.75) is 20.4 Å². The summed E-state index contributed by atoms with van der Waals surface area (Å²) in [5, 5.41) is 5.11. The average molecular weight is 342 g/mol. The second-order valence-electron chi connectivity index (χ2n) is 5.68. The molecule has 0 aliphatic rings. The second-order valence-corrected chi connectivity index (χ2v) is 7.18. The van der Waals surface area contributed by atoms with Crippen molar-refractivity contribution in [1.29, 1.82) is 0 Å². The molecule has 5 heteroatoms. The Hall–Kier alpha value is -1.98. The van der Waals surface area contributed by atoms with Crippen molar-refractivity contribution in [1.82, 2.24) is 9.88 Å². The summed E-state index contributed by atoms with van der Waals surface area (Å²) >= 11 is 7.25. The number of rotatable bonds is 3. The van der Waals surface area contributed by atoms with Gasteiger partial charge in [0.2, 0.25) is 0 Å². The standard InChI is InChI=1S/C18H19N3S2/c1-12-8-9-13(2)15(10-12)20-18(22)21(3)11-17-19-14-6-4-5-7-16(14)23-17/h4-10H,11H2,1-3H3,(H,20,22). The first-order valence-corrected chi connectivity index (χ1v) is 8.69. The highest BCUT2D eigenvalue weighted by atomic mass is 32.1. The van der Waals surface area contributed by atoms with Crippen LogP contribution in [0.2, 0.25) is 0 Å². The lowest BCUT2D eigenvalue weighted by atomic mass is 10.1. The monoisotopic (exact) mass is 341 g/mol. The maximum atomic E-state index is 5.53. The van der Waals surface area contributed by atoms with Crippen molar-refractivity contribution < 1.29 is 0 Å². The Labute approximate surface area is 146 Å². The largest absolute Gasteiger partial charge is 0.345 e. The van der Waals surface area contributed by atoms with Gasteiger partial charge in [-0.1, -0.05) is 24.3 Å². The lowest BCUT2D eigenvalue weighted by Crippen LogP contribution is -2.30. The van der Waals surface area contributed by atoms with Crippen LogP contribution in [-0.4, -0.2) is 22.0 Å². The number of aryl methyl sites for hydroxylation is 2. The summed E-state index contributed by atoms with van der Waals surface area (Å²) in [4.78, 5) is 6.69. The first-order valence-electron chi connectivity index (χ1n) is 7.47. The molecule has 3 rings (SSSR count). The number of thiazole rings is 1. The van der Waals surface area contributed by atoms with Crippen molar-refractivity contribution in [3.05, 3.63) is 58.6 Å². The van der Waals surface area contributed by atoms with E-state index in [1.54, 1.807) is 11.3 Å². The molecule has 23 heavy (non-hydrogen) atoms. The van der Waals surface area contributed by atoms with E-state index in [1.807, 2.05) is 30.1 Å². The Balaban J connectivity index is 1.71. The van der Waals surface area contributed by atoms with Crippen LogP contribution in [0.25, 0.3) is 10.2 Å². The number of anilines is 1. The van der Waals surface area contributed by atoms with Crippen LogP contribution >= 0.6 is 23.6 Å².